The van der Waals surface area contributed by atoms with E-state index in [0.29, 0.717) is 30.8 Å². The maximum atomic E-state index is 14.5. The van der Waals surface area contributed by atoms with E-state index in [1.165, 1.54) is 19.9 Å². The predicted molar refractivity (Wildman–Crippen MR) is 108 cm³/mol. The van der Waals surface area contributed by atoms with Gasteiger partial charge in [0, 0.05) is 24.3 Å². The van der Waals surface area contributed by atoms with Crippen molar-refractivity contribution in [3.63, 3.8) is 0 Å². The molecule has 8 heteroatoms. The summed E-state index contributed by atoms with van der Waals surface area (Å²) in [5.41, 5.74) is -0.982. The molecule has 0 saturated carbocycles. The smallest absolute Gasteiger partial charge is 0.415 e. The van der Waals surface area contributed by atoms with Crippen LogP contribution in [0.25, 0.3) is 0 Å². The normalized spacial score (nSPS) is 16.2. The number of ether oxygens (including phenoxy) is 2. The number of likely N-dealkylation sites (tertiary alicyclic amines) is 1. The standard InChI is InChI=1S/C22H23FN2O5/c1-22(2,20(26)24-28)30-18-9-8-16(19(23)13-18)12-15-10-11-25(14-15)21(27)29-17-6-4-3-5-7-17/h3-9,13,15H,10-12,14H2,1-2H3/t15-/m1/s1. The van der Waals surface area contributed by atoms with Gasteiger partial charge in [-0.05, 0) is 56.4 Å². The first-order chi connectivity index (χ1) is 14.3. The van der Waals surface area contributed by atoms with Gasteiger partial charge in [-0.25, -0.2) is 9.18 Å². The number of rotatable bonds is 6. The summed E-state index contributed by atoms with van der Waals surface area (Å²) in [4.78, 5) is 35.8. The lowest BCUT2D eigenvalue weighted by atomic mass is 9.98. The van der Waals surface area contributed by atoms with Crippen LogP contribution < -0.4 is 9.47 Å². The van der Waals surface area contributed by atoms with E-state index in [9.17, 15) is 18.9 Å². The number of carbonyl (C=O) groups excluding carboxylic acids is 2. The van der Waals surface area contributed by atoms with Crippen LogP contribution in [0.15, 0.2) is 53.7 Å². The Labute approximate surface area is 173 Å². The number of halogens is 1. The Bertz CT molecular complexity index is 932. The highest BCUT2D eigenvalue weighted by Crippen LogP contribution is 2.27. The lowest BCUT2D eigenvalue weighted by Gasteiger charge is -2.22. The molecule has 0 aromatic heterocycles. The van der Waals surface area contributed by atoms with Crippen LogP contribution in [0.4, 0.5) is 9.18 Å². The van der Waals surface area contributed by atoms with Crippen molar-refractivity contribution >= 4 is 12.0 Å². The number of amides is 2. The Morgan fingerprint density at radius 1 is 1.17 bits per heavy atom. The Kier molecular flexibility index (Phi) is 6.44. The fourth-order valence-corrected chi connectivity index (χ4v) is 3.34. The topological polar surface area (TPSA) is 85.3 Å². The summed E-state index contributed by atoms with van der Waals surface area (Å²) in [6.45, 7) is 3.82. The molecule has 0 bridgehead atoms. The quantitative estimate of drug-likeness (QED) is 0.657. The van der Waals surface area contributed by atoms with E-state index in [1.807, 2.05) is 6.07 Å². The molecule has 2 amide bonds. The van der Waals surface area contributed by atoms with Gasteiger partial charge in [-0.1, -0.05) is 24.3 Å². The number of nitroso groups, excluding NO2 is 1. The zero-order valence-electron chi connectivity index (χ0n) is 16.8. The molecule has 1 fully saturated rings. The van der Waals surface area contributed by atoms with Crippen LogP contribution in [0.3, 0.4) is 0 Å². The average Bonchev–Trinajstić information content (AvgIpc) is 3.18. The average molecular weight is 414 g/mol. The Balaban J connectivity index is 1.57. The van der Waals surface area contributed by atoms with Crippen LogP contribution in [-0.2, 0) is 11.2 Å². The van der Waals surface area contributed by atoms with Crippen molar-refractivity contribution in [3.05, 3.63) is 64.8 Å². The maximum absolute atomic E-state index is 14.5. The van der Waals surface area contributed by atoms with Crippen molar-refractivity contribution in [1.29, 1.82) is 0 Å². The molecule has 1 aliphatic heterocycles. The minimum absolute atomic E-state index is 0.104. The summed E-state index contributed by atoms with van der Waals surface area (Å²) in [7, 11) is 0. The molecule has 3 rings (SSSR count). The largest absolute Gasteiger partial charge is 0.478 e. The van der Waals surface area contributed by atoms with Gasteiger partial charge in [0.1, 0.15) is 17.3 Å². The van der Waals surface area contributed by atoms with E-state index in [4.69, 9.17) is 9.47 Å². The highest BCUT2D eigenvalue weighted by molar-refractivity contribution is 5.85. The van der Waals surface area contributed by atoms with Gasteiger partial charge in [0.15, 0.2) is 5.60 Å². The first-order valence-electron chi connectivity index (χ1n) is 9.65. The van der Waals surface area contributed by atoms with Crippen LogP contribution in [0, 0.1) is 16.6 Å². The fraction of sp³-hybridized carbons (Fsp3) is 0.364. The highest BCUT2D eigenvalue weighted by Gasteiger charge is 2.32. The molecule has 0 unspecified atom stereocenters. The molecule has 0 spiro atoms. The number of para-hydroxylation sites is 1. The summed E-state index contributed by atoms with van der Waals surface area (Å²) in [6.07, 6.45) is 0.789. The van der Waals surface area contributed by atoms with Crippen molar-refractivity contribution in [2.24, 2.45) is 11.1 Å². The van der Waals surface area contributed by atoms with Crippen molar-refractivity contribution in [2.45, 2.75) is 32.3 Å². The Hall–Kier alpha value is -3.29. The van der Waals surface area contributed by atoms with E-state index in [0.717, 1.165) is 6.42 Å². The molecule has 1 heterocycles. The number of nitrogens with zero attached hydrogens (tertiary/aromatic N) is 2. The number of benzene rings is 2. The van der Waals surface area contributed by atoms with E-state index in [2.05, 4.69) is 5.18 Å². The van der Waals surface area contributed by atoms with Gasteiger partial charge in [0.2, 0.25) is 0 Å². The second-order valence-electron chi connectivity index (χ2n) is 7.75. The lowest BCUT2D eigenvalue weighted by Crippen LogP contribution is -2.36. The lowest BCUT2D eigenvalue weighted by molar-refractivity contribution is -0.130. The fourth-order valence-electron chi connectivity index (χ4n) is 3.34. The second kappa shape index (κ2) is 9.02. The predicted octanol–water partition coefficient (Wildman–Crippen LogP) is 4.34. The molecule has 2 aromatic rings. The van der Waals surface area contributed by atoms with Gasteiger partial charge in [0.05, 0.1) is 0 Å². The third kappa shape index (κ3) is 5.20. The number of hydrogen-bond donors (Lipinski definition) is 0. The molecule has 158 valence electrons. The molecule has 0 aliphatic carbocycles. The zero-order chi connectivity index (χ0) is 21.7. The molecular formula is C22H23FN2O5. The summed E-state index contributed by atoms with van der Waals surface area (Å²) >= 11 is 0. The Morgan fingerprint density at radius 2 is 1.90 bits per heavy atom. The maximum Gasteiger partial charge on any atom is 0.415 e. The summed E-state index contributed by atoms with van der Waals surface area (Å²) in [6, 6.07) is 13.2. The van der Waals surface area contributed by atoms with Crippen molar-refractivity contribution < 1.29 is 23.5 Å². The third-order valence-electron chi connectivity index (χ3n) is 5.00. The van der Waals surface area contributed by atoms with E-state index in [-0.39, 0.29) is 11.7 Å². The molecule has 1 atom stereocenters. The van der Waals surface area contributed by atoms with Crippen LogP contribution in [0.5, 0.6) is 11.5 Å². The molecule has 7 nitrogen and oxygen atoms in total. The van der Waals surface area contributed by atoms with Crippen molar-refractivity contribution in [3.8, 4) is 11.5 Å². The van der Waals surface area contributed by atoms with E-state index < -0.39 is 23.4 Å². The SMILES string of the molecule is CC(C)(Oc1ccc(C[C@H]2CCN(C(=O)Oc3ccccc3)C2)c(F)c1)C(=O)N=O. The van der Waals surface area contributed by atoms with Crippen LogP contribution in [-0.4, -0.2) is 35.6 Å². The molecule has 1 saturated heterocycles. The van der Waals surface area contributed by atoms with Gasteiger partial charge in [0.25, 0.3) is 0 Å². The van der Waals surface area contributed by atoms with Gasteiger partial charge in [-0.15, -0.1) is 4.91 Å². The first kappa shape index (κ1) is 21.4. The molecule has 30 heavy (non-hydrogen) atoms. The van der Waals surface area contributed by atoms with Gasteiger partial charge in [-0.2, -0.15) is 0 Å². The third-order valence-corrected chi connectivity index (χ3v) is 5.00. The van der Waals surface area contributed by atoms with E-state index >= 15 is 0 Å². The van der Waals surface area contributed by atoms with Crippen LogP contribution in [0.1, 0.15) is 25.8 Å². The molecule has 2 aromatic carbocycles. The van der Waals surface area contributed by atoms with Gasteiger partial charge in [-0.3, -0.25) is 4.79 Å². The minimum Gasteiger partial charge on any atom is -0.478 e. The monoisotopic (exact) mass is 414 g/mol. The molecule has 0 radical (unpaired) electrons. The van der Waals surface area contributed by atoms with Gasteiger partial charge < -0.3 is 14.4 Å². The second-order valence-corrected chi connectivity index (χ2v) is 7.75. The van der Waals surface area contributed by atoms with Crippen LogP contribution >= 0.6 is 0 Å². The molecule has 0 N–H and O–H groups in total. The number of hydrogen-bond acceptors (Lipinski definition) is 5. The van der Waals surface area contributed by atoms with Crippen molar-refractivity contribution in [1.82, 2.24) is 4.90 Å². The summed E-state index contributed by atoms with van der Waals surface area (Å²) < 4.78 is 25.3. The summed E-state index contributed by atoms with van der Waals surface area (Å²) in [5, 5.41) is 2.36. The van der Waals surface area contributed by atoms with Crippen LogP contribution in [0.2, 0.25) is 0 Å². The molecule has 1 aliphatic rings. The van der Waals surface area contributed by atoms with Gasteiger partial charge >= 0.3 is 12.0 Å². The highest BCUT2D eigenvalue weighted by atomic mass is 19.1. The minimum atomic E-state index is -1.47. The number of carbonyl (C=O) groups is 2. The zero-order valence-corrected chi connectivity index (χ0v) is 16.8. The van der Waals surface area contributed by atoms with E-state index in [1.54, 1.807) is 41.3 Å². The molecular weight excluding hydrogens is 391 g/mol. The summed E-state index contributed by atoms with van der Waals surface area (Å²) in [5.74, 6) is -0.719. The van der Waals surface area contributed by atoms with Crippen molar-refractivity contribution in [2.75, 3.05) is 13.1 Å². The first-order valence-corrected chi connectivity index (χ1v) is 9.65. The Morgan fingerprint density at radius 3 is 2.57 bits per heavy atom.